The van der Waals surface area contributed by atoms with Crippen molar-refractivity contribution < 1.29 is 9.36 Å². The SMILES string of the molecule is CCCC[n+]1c(N)c(C(=O)N[C@@H](C)c2ccccc2)cc2c(=O)n3ccccc3nc21. The Bertz CT molecular complexity index is 1310. The van der Waals surface area contributed by atoms with Crippen LogP contribution in [-0.4, -0.2) is 15.3 Å². The number of nitrogens with zero attached hydrogens (tertiary/aromatic N) is 3. The molecule has 1 atom stereocenters. The number of nitrogens with two attached hydrogens (primary N) is 1. The zero-order valence-corrected chi connectivity index (χ0v) is 17.7. The van der Waals surface area contributed by atoms with Gasteiger partial charge in [0.25, 0.3) is 17.1 Å². The second kappa shape index (κ2) is 8.55. The molecule has 7 heteroatoms. The Hall–Kier alpha value is -3.74. The molecule has 1 aromatic carbocycles. The maximum Gasteiger partial charge on any atom is 0.278 e. The Morgan fingerprint density at radius 2 is 1.94 bits per heavy atom. The lowest BCUT2D eigenvalue weighted by Gasteiger charge is -2.16. The van der Waals surface area contributed by atoms with Crippen molar-refractivity contribution in [2.45, 2.75) is 39.3 Å². The van der Waals surface area contributed by atoms with Crippen molar-refractivity contribution in [3.05, 3.63) is 82.3 Å². The van der Waals surface area contributed by atoms with Crippen LogP contribution in [0, 0.1) is 0 Å². The summed E-state index contributed by atoms with van der Waals surface area (Å²) in [4.78, 5) is 31.0. The summed E-state index contributed by atoms with van der Waals surface area (Å²) in [5, 5.41) is 3.36. The van der Waals surface area contributed by atoms with E-state index in [1.54, 1.807) is 29.0 Å². The van der Waals surface area contributed by atoms with E-state index in [4.69, 9.17) is 5.73 Å². The van der Waals surface area contributed by atoms with E-state index in [1.165, 1.54) is 4.40 Å². The summed E-state index contributed by atoms with van der Waals surface area (Å²) in [6, 6.07) is 16.5. The summed E-state index contributed by atoms with van der Waals surface area (Å²) in [6.45, 7) is 4.57. The monoisotopic (exact) mass is 416 g/mol. The lowest BCUT2D eigenvalue weighted by Crippen LogP contribution is -2.43. The van der Waals surface area contributed by atoms with Crippen LogP contribution in [0.3, 0.4) is 0 Å². The Kier molecular flexibility index (Phi) is 5.66. The number of nitrogens with one attached hydrogen (secondary N) is 1. The molecule has 0 saturated heterocycles. The minimum atomic E-state index is -0.321. The first-order chi connectivity index (χ1) is 15.0. The van der Waals surface area contributed by atoms with Crippen LogP contribution in [0.1, 0.15) is 48.7 Å². The molecule has 0 bridgehead atoms. The number of unbranched alkanes of at least 4 members (excludes halogenated alkanes) is 1. The highest BCUT2D eigenvalue weighted by Gasteiger charge is 2.25. The molecular weight excluding hydrogens is 390 g/mol. The number of amides is 1. The van der Waals surface area contributed by atoms with Crippen molar-refractivity contribution in [2.75, 3.05) is 5.73 Å². The number of carbonyl (C=O) groups excluding carboxylic acids is 1. The maximum absolute atomic E-state index is 13.2. The van der Waals surface area contributed by atoms with Gasteiger partial charge in [0.1, 0.15) is 10.9 Å². The van der Waals surface area contributed by atoms with Crippen LogP contribution in [0.4, 0.5) is 5.82 Å². The van der Waals surface area contributed by atoms with Crippen LogP contribution in [0.15, 0.2) is 65.6 Å². The first-order valence-electron chi connectivity index (χ1n) is 10.5. The number of fused-ring (bicyclic) bond motifs is 2. The lowest BCUT2D eigenvalue weighted by atomic mass is 10.1. The normalized spacial score (nSPS) is 12.2. The Balaban J connectivity index is 1.85. The fourth-order valence-corrected chi connectivity index (χ4v) is 3.72. The molecule has 7 nitrogen and oxygen atoms in total. The van der Waals surface area contributed by atoms with Gasteiger partial charge < -0.3 is 11.1 Å². The van der Waals surface area contributed by atoms with Gasteiger partial charge in [-0.05, 0) is 37.1 Å². The summed E-state index contributed by atoms with van der Waals surface area (Å²) < 4.78 is 3.27. The van der Waals surface area contributed by atoms with Gasteiger partial charge in [-0.3, -0.25) is 14.0 Å². The van der Waals surface area contributed by atoms with Crippen LogP contribution in [0.5, 0.6) is 0 Å². The van der Waals surface area contributed by atoms with E-state index in [2.05, 4.69) is 17.2 Å². The van der Waals surface area contributed by atoms with E-state index in [-0.39, 0.29) is 23.1 Å². The Morgan fingerprint density at radius 3 is 2.68 bits per heavy atom. The van der Waals surface area contributed by atoms with E-state index in [0.717, 1.165) is 18.4 Å². The van der Waals surface area contributed by atoms with Gasteiger partial charge in [-0.2, -0.15) is 0 Å². The highest BCUT2D eigenvalue weighted by Crippen LogP contribution is 2.17. The van der Waals surface area contributed by atoms with Gasteiger partial charge in [0.15, 0.2) is 0 Å². The predicted octanol–water partition coefficient (Wildman–Crippen LogP) is 3.01. The number of benzene rings is 1. The summed E-state index contributed by atoms with van der Waals surface area (Å²) in [5.74, 6) is -0.00977. The number of rotatable bonds is 6. The summed E-state index contributed by atoms with van der Waals surface area (Å²) in [6.07, 6.45) is 3.47. The third-order valence-electron chi connectivity index (χ3n) is 5.49. The smallest absolute Gasteiger partial charge is 0.278 e. The van der Waals surface area contributed by atoms with Gasteiger partial charge >= 0.3 is 0 Å². The Morgan fingerprint density at radius 1 is 1.19 bits per heavy atom. The van der Waals surface area contributed by atoms with E-state index in [9.17, 15) is 9.59 Å². The van der Waals surface area contributed by atoms with Gasteiger partial charge in [-0.25, -0.2) is 4.57 Å². The molecule has 31 heavy (non-hydrogen) atoms. The van der Waals surface area contributed by atoms with E-state index >= 15 is 0 Å². The van der Waals surface area contributed by atoms with Crippen molar-refractivity contribution in [2.24, 2.45) is 0 Å². The highest BCUT2D eigenvalue weighted by atomic mass is 16.2. The largest absolute Gasteiger partial charge is 0.345 e. The van der Waals surface area contributed by atoms with Crippen molar-refractivity contribution in [3.63, 3.8) is 0 Å². The van der Waals surface area contributed by atoms with Crippen molar-refractivity contribution in [1.29, 1.82) is 0 Å². The van der Waals surface area contributed by atoms with Crippen LogP contribution < -0.4 is 21.2 Å². The number of anilines is 1. The number of pyridine rings is 2. The molecule has 0 spiro atoms. The summed E-state index contributed by atoms with van der Waals surface area (Å²) >= 11 is 0. The maximum atomic E-state index is 13.2. The molecule has 4 rings (SSSR count). The Labute approximate surface area is 180 Å². The van der Waals surface area contributed by atoms with Crippen LogP contribution in [0.2, 0.25) is 0 Å². The molecule has 0 radical (unpaired) electrons. The van der Waals surface area contributed by atoms with Crippen LogP contribution in [-0.2, 0) is 6.54 Å². The lowest BCUT2D eigenvalue weighted by molar-refractivity contribution is -0.659. The average molecular weight is 417 g/mol. The molecule has 3 heterocycles. The first-order valence-corrected chi connectivity index (χ1v) is 10.5. The van der Waals surface area contributed by atoms with E-state index in [1.807, 2.05) is 43.3 Å². The van der Waals surface area contributed by atoms with Crippen molar-refractivity contribution in [1.82, 2.24) is 14.7 Å². The minimum Gasteiger partial charge on any atom is -0.345 e. The number of carbonyl (C=O) groups is 1. The molecule has 0 aliphatic carbocycles. The third-order valence-corrected chi connectivity index (χ3v) is 5.49. The second-order valence-electron chi connectivity index (χ2n) is 7.64. The molecule has 0 aliphatic rings. The topological polar surface area (TPSA) is 93.4 Å². The molecule has 0 unspecified atom stereocenters. The van der Waals surface area contributed by atoms with Gasteiger partial charge in [0, 0.05) is 6.20 Å². The molecule has 3 aromatic heterocycles. The first kappa shape index (κ1) is 20.5. The van der Waals surface area contributed by atoms with Gasteiger partial charge in [-0.15, -0.1) is 0 Å². The van der Waals surface area contributed by atoms with Crippen molar-refractivity contribution in [3.8, 4) is 0 Å². The number of hydrogen-bond acceptors (Lipinski definition) is 4. The van der Waals surface area contributed by atoms with Crippen molar-refractivity contribution >= 4 is 28.4 Å². The van der Waals surface area contributed by atoms with Gasteiger partial charge in [-0.1, -0.05) is 54.7 Å². The molecule has 0 aliphatic heterocycles. The number of aryl methyl sites for hydroxylation is 1. The van der Waals surface area contributed by atoms with Crippen LogP contribution >= 0.6 is 0 Å². The zero-order valence-electron chi connectivity index (χ0n) is 17.7. The molecule has 3 N–H and O–H groups in total. The van der Waals surface area contributed by atoms with E-state index in [0.29, 0.717) is 29.0 Å². The van der Waals surface area contributed by atoms with E-state index < -0.39 is 0 Å². The highest BCUT2D eigenvalue weighted by molar-refractivity contribution is 6.00. The van der Waals surface area contributed by atoms with Gasteiger partial charge in [0.05, 0.1) is 12.6 Å². The fourth-order valence-electron chi connectivity index (χ4n) is 3.72. The zero-order chi connectivity index (χ0) is 22.0. The molecule has 158 valence electrons. The standard InChI is InChI=1S/C24H25N5O2/c1-3-4-13-29-21(25)18(23(30)26-16(2)17-10-6-5-7-11-17)15-19-22(29)27-20-12-8-9-14-28(20)24(19)31/h5-12,14-16,25H,3-4,13H2,1-2H3,(H,26,30)/p+1/t16-/m0/s1. The quantitative estimate of drug-likeness (QED) is 0.373. The molecule has 0 saturated carbocycles. The number of nitrogen functional groups attached to an aromatic ring is 1. The average Bonchev–Trinajstić information content (AvgIpc) is 2.79. The summed E-state index contributed by atoms with van der Waals surface area (Å²) in [7, 11) is 0. The van der Waals surface area contributed by atoms with Gasteiger partial charge in [0.2, 0.25) is 11.5 Å². The molecular formula is C24H26N5O2+. The predicted molar refractivity (Wildman–Crippen MR) is 121 cm³/mol. The fraction of sp³-hybridized carbons (Fsp3) is 0.250. The molecule has 4 aromatic rings. The third kappa shape index (κ3) is 3.86. The molecule has 0 fully saturated rings. The summed E-state index contributed by atoms with van der Waals surface area (Å²) in [5.41, 5.74) is 8.53. The minimum absolute atomic E-state index is 0.205. The molecule has 1 amide bonds. The van der Waals surface area contributed by atoms with Crippen LogP contribution in [0.25, 0.3) is 16.7 Å². The number of hydrogen-bond donors (Lipinski definition) is 2. The second-order valence-corrected chi connectivity index (χ2v) is 7.64. The number of aromatic nitrogens is 3.